The number of carbonyl (C=O) groups excluding carboxylic acids is 2. The van der Waals surface area contributed by atoms with Crippen molar-refractivity contribution in [2.24, 2.45) is 0 Å². The van der Waals surface area contributed by atoms with Crippen LogP contribution in [0.25, 0.3) is 5.69 Å². The third kappa shape index (κ3) is 7.00. The van der Waals surface area contributed by atoms with Gasteiger partial charge in [-0.3, -0.25) is 14.5 Å². The van der Waals surface area contributed by atoms with Gasteiger partial charge in [-0.25, -0.2) is 13.8 Å². The predicted octanol–water partition coefficient (Wildman–Crippen LogP) is 4.07. The Balaban J connectivity index is 1.22. The summed E-state index contributed by atoms with van der Waals surface area (Å²) in [6, 6.07) is 9.91. The average Bonchev–Trinajstić information content (AvgIpc) is 3.42. The summed E-state index contributed by atoms with van der Waals surface area (Å²) in [6.07, 6.45) is 6.64. The topological polar surface area (TPSA) is 82.5 Å². The zero-order valence-electron chi connectivity index (χ0n) is 23.7. The molecule has 2 heterocycles. The van der Waals surface area contributed by atoms with E-state index in [9.17, 15) is 18.4 Å². The van der Waals surface area contributed by atoms with Crippen LogP contribution in [0.4, 0.5) is 14.6 Å². The molecule has 1 aliphatic carbocycles. The van der Waals surface area contributed by atoms with Crippen LogP contribution >= 0.6 is 0 Å². The zero-order chi connectivity index (χ0) is 28.9. The molecule has 1 saturated heterocycles. The second kappa shape index (κ2) is 12.9. The molecule has 3 aromatic rings. The van der Waals surface area contributed by atoms with E-state index in [-0.39, 0.29) is 17.9 Å². The van der Waals surface area contributed by atoms with Crippen molar-refractivity contribution in [3.05, 3.63) is 77.2 Å². The SMILES string of the molecule is CCC[C@H](N[C@H]1CCc2cc(F)cc(F)c2C1)C(=O)Nc1cn(-c2ccccc2CN2CCN(C(C)=O)CC2)cn1. The van der Waals surface area contributed by atoms with Gasteiger partial charge in [0.25, 0.3) is 0 Å². The van der Waals surface area contributed by atoms with Crippen LogP contribution in [0.15, 0.2) is 48.9 Å². The second-order valence-corrected chi connectivity index (χ2v) is 11.0. The highest BCUT2D eigenvalue weighted by atomic mass is 19.1. The highest BCUT2D eigenvalue weighted by Crippen LogP contribution is 2.26. The molecular weight excluding hydrogens is 526 g/mol. The van der Waals surface area contributed by atoms with Gasteiger partial charge in [-0.15, -0.1) is 0 Å². The van der Waals surface area contributed by atoms with E-state index in [1.165, 1.54) is 6.07 Å². The minimum atomic E-state index is -0.551. The van der Waals surface area contributed by atoms with Crippen molar-refractivity contribution in [1.29, 1.82) is 0 Å². The molecule has 5 rings (SSSR count). The maximum Gasteiger partial charge on any atom is 0.242 e. The number of aryl methyl sites for hydroxylation is 1. The Kier molecular flexibility index (Phi) is 9.09. The van der Waals surface area contributed by atoms with Gasteiger partial charge in [0.05, 0.1) is 17.9 Å². The number of imidazole rings is 1. The first kappa shape index (κ1) is 28.9. The number of piperazine rings is 1. The van der Waals surface area contributed by atoms with E-state index < -0.39 is 17.7 Å². The lowest BCUT2D eigenvalue weighted by Crippen LogP contribution is -2.48. The van der Waals surface area contributed by atoms with Crippen LogP contribution in [0, 0.1) is 11.6 Å². The third-order valence-corrected chi connectivity index (χ3v) is 8.11. The summed E-state index contributed by atoms with van der Waals surface area (Å²) in [6.45, 7) is 7.48. The molecule has 0 spiro atoms. The number of aromatic nitrogens is 2. The normalized spacial score (nSPS) is 18.1. The van der Waals surface area contributed by atoms with Gasteiger partial charge in [-0.2, -0.15) is 0 Å². The molecule has 2 N–H and O–H groups in total. The molecule has 1 fully saturated rings. The van der Waals surface area contributed by atoms with Crippen LogP contribution in [0.1, 0.15) is 49.8 Å². The number of carbonyl (C=O) groups is 2. The molecule has 1 aliphatic heterocycles. The number of hydrogen-bond acceptors (Lipinski definition) is 5. The molecule has 218 valence electrons. The lowest BCUT2D eigenvalue weighted by Gasteiger charge is -2.34. The maximum absolute atomic E-state index is 14.4. The van der Waals surface area contributed by atoms with Gasteiger partial charge < -0.3 is 20.1 Å². The molecule has 2 amide bonds. The van der Waals surface area contributed by atoms with Crippen LogP contribution in [-0.2, 0) is 29.0 Å². The quantitative estimate of drug-likeness (QED) is 0.410. The van der Waals surface area contributed by atoms with Crippen LogP contribution < -0.4 is 10.6 Å². The number of nitrogens with one attached hydrogen (secondary N) is 2. The van der Waals surface area contributed by atoms with Crippen molar-refractivity contribution >= 4 is 17.6 Å². The first-order valence-corrected chi connectivity index (χ1v) is 14.4. The third-order valence-electron chi connectivity index (χ3n) is 8.11. The van der Waals surface area contributed by atoms with E-state index in [1.807, 2.05) is 40.8 Å². The largest absolute Gasteiger partial charge is 0.340 e. The summed E-state index contributed by atoms with van der Waals surface area (Å²) in [5, 5.41) is 6.38. The first-order valence-electron chi connectivity index (χ1n) is 14.4. The lowest BCUT2D eigenvalue weighted by molar-refractivity contribution is -0.130. The fourth-order valence-electron chi connectivity index (χ4n) is 5.88. The molecule has 2 atom stereocenters. The molecule has 1 aromatic heterocycles. The second-order valence-electron chi connectivity index (χ2n) is 11.0. The number of amides is 2. The summed E-state index contributed by atoms with van der Waals surface area (Å²) in [7, 11) is 0. The molecular formula is C31H38F2N6O2. The fraction of sp³-hybridized carbons (Fsp3) is 0.452. The number of hydrogen-bond donors (Lipinski definition) is 2. The van der Waals surface area contributed by atoms with Crippen LogP contribution in [0.5, 0.6) is 0 Å². The summed E-state index contributed by atoms with van der Waals surface area (Å²) >= 11 is 0. The predicted molar refractivity (Wildman–Crippen MR) is 154 cm³/mol. The highest BCUT2D eigenvalue weighted by molar-refractivity contribution is 5.94. The fourth-order valence-corrected chi connectivity index (χ4v) is 5.88. The van der Waals surface area contributed by atoms with Gasteiger partial charge in [0.15, 0.2) is 5.82 Å². The number of halogens is 2. The summed E-state index contributed by atoms with van der Waals surface area (Å²) in [4.78, 5) is 33.6. The Morgan fingerprint density at radius 1 is 1.12 bits per heavy atom. The Morgan fingerprint density at radius 3 is 2.66 bits per heavy atom. The van der Waals surface area contributed by atoms with Crippen LogP contribution in [0.3, 0.4) is 0 Å². The van der Waals surface area contributed by atoms with Crippen molar-refractivity contribution in [2.45, 2.75) is 64.6 Å². The summed E-state index contributed by atoms with van der Waals surface area (Å²) in [5.74, 6) is -0.681. The molecule has 0 saturated carbocycles. The van der Waals surface area contributed by atoms with Gasteiger partial charge in [0.1, 0.15) is 18.0 Å². The van der Waals surface area contributed by atoms with E-state index in [0.29, 0.717) is 42.6 Å². The number of para-hydroxylation sites is 1. The molecule has 10 heteroatoms. The number of nitrogens with zero attached hydrogens (tertiary/aromatic N) is 4. The van der Waals surface area contributed by atoms with E-state index in [0.717, 1.165) is 56.5 Å². The molecule has 0 bridgehead atoms. The number of fused-ring (bicyclic) bond motifs is 1. The first-order chi connectivity index (χ1) is 19.8. The van der Waals surface area contributed by atoms with Crippen molar-refractivity contribution in [3.8, 4) is 5.69 Å². The molecule has 8 nitrogen and oxygen atoms in total. The Bertz CT molecular complexity index is 1380. The van der Waals surface area contributed by atoms with Gasteiger partial charge in [-0.05, 0) is 54.5 Å². The number of rotatable bonds is 9. The smallest absolute Gasteiger partial charge is 0.242 e. The maximum atomic E-state index is 14.4. The minimum absolute atomic E-state index is 0.0773. The molecule has 41 heavy (non-hydrogen) atoms. The van der Waals surface area contributed by atoms with E-state index in [2.05, 4.69) is 26.6 Å². The van der Waals surface area contributed by atoms with Crippen molar-refractivity contribution in [2.75, 3.05) is 31.5 Å². The Hall–Kier alpha value is -3.63. The number of anilines is 1. The Labute approximate surface area is 239 Å². The van der Waals surface area contributed by atoms with Crippen LogP contribution in [0.2, 0.25) is 0 Å². The van der Waals surface area contributed by atoms with E-state index >= 15 is 0 Å². The molecule has 0 unspecified atom stereocenters. The lowest BCUT2D eigenvalue weighted by atomic mass is 9.87. The van der Waals surface area contributed by atoms with E-state index in [4.69, 9.17) is 0 Å². The number of benzene rings is 2. The minimum Gasteiger partial charge on any atom is -0.340 e. The summed E-state index contributed by atoms with van der Waals surface area (Å²) < 4.78 is 29.9. The average molecular weight is 565 g/mol. The van der Waals surface area contributed by atoms with Crippen molar-refractivity contribution in [1.82, 2.24) is 24.7 Å². The van der Waals surface area contributed by atoms with Gasteiger partial charge >= 0.3 is 0 Å². The van der Waals surface area contributed by atoms with Crippen LogP contribution in [-0.4, -0.2) is 69.4 Å². The van der Waals surface area contributed by atoms with Gasteiger partial charge in [0, 0.05) is 51.8 Å². The van der Waals surface area contributed by atoms with Crippen molar-refractivity contribution < 1.29 is 18.4 Å². The molecule has 2 aliphatic rings. The van der Waals surface area contributed by atoms with E-state index in [1.54, 1.807) is 13.3 Å². The highest BCUT2D eigenvalue weighted by Gasteiger charge is 2.27. The van der Waals surface area contributed by atoms with Gasteiger partial charge in [-0.1, -0.05) is 31.5 Å². The molecule has 0 radical (unpaired) electrons. The Morgan fingerprint density at radius 2 is 1.90 bits per heavy atom. The molecule has 2 aromatic carbocycles. The summed E-state index contributed by atoms with van der Waals surface area (Å²) in [5.41, 5.74) is 3.36. The van der Waals surface area contributed by atoms with Crippen molar-refractivity contribution in [3.63, 3.8) is 0 Å². The van der Waals surface area contributed by atoms with Gasteiger partial charge in [0.2, 0.25) is 11.8 Å². The zero-order valence-corrected chi connectivity index (χ0v) is 23.7. The monoisotopic (exact) mass is 564 g/mol. The standard InChI is InChI=1S/C31H38F2N6O2/c1-3-6-28(35-25-10-9-22-15-24(32)16-27(33)26(22)17-25)31(41)36-30-19-39(20-34-30)29-8-5-4-7-23(29)18-37-11-13-38(14-12-37)21(2)40/h4-5,7-8,15-16,19-20,25,28,35H,3,6,9-14,17-18H2,1-2H3,(H,36,41)/t25-,28-/m0/s1.